The van der Waals surface area contributed by atoms with Crippen LogP contribution in [0.4, 0.5) is 0 Å². The van der Waals surface area contributed by atoms with Crippen molar-refractivity contribution in [1.29, 1.82) is 10.5 Å². The monoisotopic (exact) mass is 919 g/mol. The van der Waals surface area contributed by atoms with Crippen LogP contribution < -0.4 is 10.6 Å². The van der Waals surface area contributed by atoms with Crippen molar-refractivity contribution in [2.75, 3.05) is 73.2 Å². The minimum Gasteiger partial charge on any atom is -0.470 e. The van der Waals surface area contributed by atoms with Crippen LogP contribution in [-0.2, 0) is 28.6 Å². The first-order chi connectivity index (χ1) is 31.9. The minimum atomic E-state index is -0.905. The van der Waals surface area contributed by atoms with Crippen LogP contribution in [0.15, 0.2) is 67.6 Å². The number of nitrogens with one attached hydrogen (secondary N) is 2. The summed E-state index contributed by atoms with van der Waals surface area (Å²) in [5, 5.41) is 27.7. The van der Waals surface area contributed by atoms with E-state index in [-0.39, 0.29) is 52.9 Å². The molecule has 0 saturated carbocycles. The molecule has 0 atom stereocenters. The third-order valence-electron chi connectivity index (χ3n) is 14.3. The standard InChI is InChI=1S/C53H74N8O6/c1-11-36-37(24-51(2,3)27-42(36)59-18-12-13-19-59)47(58-10)50(64)67-34-35(32-65-48(62)40(30-54)38-25-52(4,5)28-43(45(38)56-8)60-20-14-15-21-60)33-66-49(63)41(31-55)39-26-53(6,7)29-44(46(39)57-9)61-22-16-17-23-61/h35,56-57H,11-29,32-34H2,1-9H3/b40-38+,41-39+,47-37-. The van der Waals surface area contributed by atoms with Gasteiger partial charge in [-0.1, -0.05) is 48.5 Å². The van der Waals surface area contributed by atoms with Gasteiger partial charge in [0.05, 0.1) is 30.5 Å². The van der Waals surface area contributed by atoms with E-state index in [1.807, 2.05) is 0 Å². The first-order valence-electron chi connectivity index (χ1n) is 24.6. The fraction of sp³-hybridized carbons (Fsp3) is 0.660. The maximum Gasteiger partial charge on any atom is 0.349 e. The molecule has 3 heterocycles. The van der Waals surface area contributed by atoms with Gasteiger partial charge >= 0.3 is 17.9 Å². The lowest BCUT2D eigenvalue weighted by Crippen LogP contribution is -2.34. The van der Waals surface area contributed by atoms with Gasteiger partial charge in [-0.25, -0.2) is 14.4 Å². The summed E-state index contributed by atoms with van der Waals surface area (Å²) in [6.45, 7) is 27.5. The van der Waals surface area contributed by atoms with E-state index in [4.69, 9.17) is 20.8 Å². The van der Waals surface area contributed by atoms with Crippen LogP contribution in [0.1, 0.15) is 132 Å². The molecule has 0 spiro atoms. The number of allylic oxidation sites excluding steroid dienone is 7. The van der Waals surface area contributed by atoms with Gasteiger partial charge in [0.1, 0.15) is 36.5 Å². The maximum absolute atomic E-state index is 14.1. The van der Waals surface area contributed by atoms with E-state index < -0.39 is 23.8 Å². The second-order valence-corrected chi connectivity index (χ2v) is 21.6. The molecule has 362 valence electrons. The van der Waals surface area contributed by atoms with Gasteiger partial charge in [-0.05, 0) is 111 Å². The summed E-state index contributed by atoms with van der Waals surface area (Å²) in [7, 11) is 3.61. The molecule has 3 aliphatic carbocycles. The lowest BCUT2D eigenvalue weighted by molar-refractivity contribution is -0.148. The van der Waals surface area contributed by atoms with Crippen molar-refractivity contribution >= 4 is 17.9 Å². The van der Waals surface area contributed by atoms with Crippen molar-refractivity contribution in [3.8, 4) is 12.1 Å². The quantitative estimate of drug-likeness (QED) is 0.0531. The molecule has 0 amide bonds. The van der Waals surface area contributed by atoms with Crippen molar-refractivity contribution in [3.05, 3.63) is 79.0 Å². The number of rotatable bonds is 15. The average molecular weight is 919 g/mol. The highest BCUT2D eigenvalue weighted by Crippen LogP contribution is 2.48. The number of hydrogen-bond acceptors (Lipinski definition) is 13. The van der Waals surface area contributed by atoms with Gasteiger partial charge in [0.2, 0.25) is 0 Å². The van der Waals surface area contributed by atoms with E-state index in [0.29, 0.717) is 42.4 Å². The topological polar surface area (TPSA) is 165 Å². The molecule has 6 rings (SSSR count). The molecule has 0 radical (unpaired) electrons. The maximum atomic E-state index is 14.1. The van der Waals surface area contributed by atoms with Crippen LogP contribution in [0.5, 0.6) is 0 Å². The summed E-state index contributed by atoms with van der Waals surface area (Å²) in [5.74, 6) is -3.39. The summed E-state index contributed by atoms with van der Waals surface area (Å²) in [6, 6.07) is 4.29. The fourth-order valence-electron chi connectivity index (χ4n) is 11.2. The van der Waals surface area contributed by atoms with E-state index in [1.54, 1.807) is 14.1 Å². The van der Waals surface area contributed by atoms with Gasteiger partial charge in [-0.3, -0.25) is 4.79 Å². The minimum absolute atomic E-state index is 0.0812. The zero-order chi connectivity index (χ0) is 48.7. The van der Waals surface area contributed by atoms with Crippen LogP contribution in [0.2, 0.25) is 0 Å². The van der Waals surface area contributed by atoms with Gasteiger partial charge in [-0.2, -0.15) is 10.5 Å². The molecule has 0 aromatic rings. The summed E-state index contributed by atoms with van der Waals surface area (Å²) in [5.41, 5.74) is 6.78. The van der Waals surface area contributed by atoms with Gasteiger partial charge in [0.15, 0.2) is 0 Å². The highest BCUT2D eigenvalue weighted by atomic mass is 16.6. The third kappa shape index (κ3) is 11.7. The Morgan fingerprint density at radius 1 is 0.597 bits per heavy atom. The number of esters is 3. The number of likely N-dealkylation sites (N-methyl/N-ethyl adjacent to an activating group) is 2. The van der Waals surface area contributed by atoms with Gasteiger partial charge in [-0.15, -0.1) is 0 Å². The van der Waals surface area contributed by atoms with Gasteiger partial charge in [0.25, 0.3) is 5.70 Å². The fourth-order valence-corrected chi connectivity index (χ4v) is 11.2. The number of hydrogen-bond donors (Lipinski definition) is 2. The Morgan fingerprint density at radius 2 is 0.940 bits per heavy atom. The number of likely N-dealkylation sites (tertiary alicyclic amines) is 3. The van der Waals surface area contributed by atoms with Crippen LogP contribution in [-0.4, -0.2) is 106 Å². The highest BCUT2D eigenvalue weighted by Gasteiger charge is 2.40. The Bertz CT molecular complexity index is 2020. The van der Waals surface area contributed by atoms with Crippen LogP contribution in [0, 0.1) is 51.4 Å². The SMILES string of the molecule is [C-]#[N+]/C(C(=O)OCC(COC(=O)/C(C#N)=C1\CC(C)(C)CC(N2CCCC2)=C1NC)COC(=O)/C(C#N)=C1\CC(C)(C)CC(N2CCCC2)=C1NC)=C1/CC(C)(C)CC(N2CCCC2)=C1CC. The number of carbonyl (C=O) groups is 3. The van der Waals surface area contributed by atoms with Crippen LogP contribution >= 0.6 is 0 Å². The molecular weight excluding hydrogens is 845 g/mol. The average Bonchev–Trinajstić information content (AvgIpc) is 4.11. The normalized spacial score (nSPS) is 23.7. The summed E-state index contributed by atoms with van der Waals surface area (Å²) < 4.78 is 17.8. The predicted octanol–water partition coefficient (Wildman–Crippen LogP) is 8.32. The second kappa shape index (κ2) is 21.5. The van der Waals surface area contributed by atoms with Gasteiger partial charge in [0, 0.05) is 81.6 Å². The molecule has 67 heavy (non-hydrogen) atoms. The molecule has 0 aromatic heterocycles. The van der Waals surface area contributed by atoms with Crippen LogP contribution in [0.3, 0.4) is 0 Å². The molecule has 0 bridgehead atoms. The molecule has 3 fully saturated rings. The number of ether oxygens (including phenoxy) is 3. The molecule has 0 aromatic carbocycles. The van der Waals surface area contributed by atoms with Crippen molar-refractivity contribution in [1.82, 2.24) is 25.3 Å². The molecular formula is C53H74N8O6. The van der Waals surface area contributed by atoms with Crippen molar-refractivity contribution < 1.29 is 28.6 Å². The molecule has 2 N–H and O–H groups in total. The largest absolute Gasteiger partial charge is 0.470 e. The number of carbonyl (C=O) groups excluding carboxylic acids is 3. The Hall–Kier alpha value is -5.68. The summed E-state index contributed by atoms with van der Waals surface area (Å²) in [4.78, 5) is 53.2. The summed E-state index contributed by atoms with van der Waals surface area (Å²) >= 11 is 0. The van der Waals surface area contributed by atoms with Gasteiger partial charge < -0.3 is 39.5 Å². The van der Waals surface area contributed by atoms with E-state index in [1.165, 1.54) is 5.70 Å². The highest BCUT2D eigenvalue weighted by molar-refractivity contribution is 5.95. The molecule has 6 aliphatic rings. The zero-order valence-corrected chi connectivity index (χ0v) is 41.8. The second-order valence-electron chi connectivity index (χ2n) is 21.6. The van der Waals surface area contributed by atoms with E-state index >= 15 is 0 Å². The molecule has 14 heteroatoms. The Morgan fingerprint density at radius 3 is 1.28 bits per heavy atom. The Labute approximate surface area is 399 Å². The van der Waals surface area contributed by atoms with Crippen molar-refractivity contribution in [2.24, 2.45) is 22.2 Å². The number of nitriles is 2. The van der Waals surface area contributed by atoms with E-state index in [9.17, 15) is 24.9 Å². The molecule has 14 nitrogen and oxygen atoms in total. The Balaban J connectivity index is 1.31. The van der Waals surface area contributed by atoms with Crippen molar-refractivity contribution in [2.45, 2.75) is 132 Å². The molecule has 3 aliphatic heterocycles. The van der Waals surface area contributed by atoms with Crippen molar-refractivity contribution in [3.63, 3.8) is 0 Å². The van der Waals surface area contributed by atoms with Crippen LogP contribution in [0.25, 0.3) is 4.85 Å². The van der Waals surface area contributed by atoms with E-state index in [2.05, 4.69) is 90.8 Å². The number of nitrogens with zero attached hydrogens (tertiary/aromatic N) is 6. The zero-order valence-electron chi connectivity index (χ0n) is 41.8. The first kappa shape index (κ1) is 50.7. The lowest BCUT2D eigenvalue weighted by atomic mass is 9.72. The molecule has 0 unspecified atom stereocenters. The predicted molar refractivity (Wildman–Crippen MR) is 256 cm³/mol. The summed E-state index contributed by atoms with van der Waals surface area (Å²) in [6.07, 6.45) is 11.1. The lowest BCUT2D eigenvalue weighted by Gasteiger charge is -2.39. The smallest absolute Gasteiger partial charge is 0.349 e. The Kier molecular flexibility index (Phi) is 16.3. The van der Waals surface area contributed by atoms with E-state index in [0.717, 1.165) is 125 Å². The first-order valence-corrected chi connectivity index (χ1v) is 24.6. The molecule has 3 saturated heterocycles. The third-order valence-corrected chi connectivity index (χ3v) is 14.3.